The Kier molecular flexibility index (Phi) is 5.04. The SMILES string of the molecule is COCCC(=O)c1nc(-c2cn(Cc3ccccc3)c(C)n2)n2ccccc12. The molecule has 0 fully saturated rings. The lowest BCUT2D eigenvalue weighted by Crippen LogP contribution is -2.04. The molecule has 4 aromatic rings. The molecular weight excluding hydrogens is 352 g/mol. The van der Waals surface area contributed by atoms with Crippen LogP contribution in [0.3, 0.4) is 0 Å². The van der Waals surface area contributed by atoms with Gasteiger partial charge in [0.25, 0.3) is 0 Å². The molecule has 0 saturated carbocycles. The van der Waals surface area contributed by atoms with Gasteiger partial charge in [0, 0.05) is 32.5 Å². The molecule has 3 heterocycles. The fourth-order valence-corrected chi connectivity index (χ4v) is 3.29. The number of imidazole rings is 2. The van der Waals surface area contributed by atoms with E-state index >= 15 is 0 Å². The number of nitrogens with zero attached hydrogens (tertiary/aromatic N) is 4. The highest BCUT2D eigenvalue weighted by atomic mass is 16.5. The van der Waals surface area contributed by atoms with E-state index in [1.54, 1.807) is 7.11 Å². The lowest BCUT2D eigenvalue weighted by Gasteiger charge is -2.04. The van der Waals surface area contributed by atoms with Crippen LogP contribution in [0.1, 0.15) is 28.3 Å². The Morgan fingerprint density at radius 2 is 1.86 bits per heavy atom. The predicted octanol–water partition coefficient (Wildman–Crippen LogP) is 3.77. The van der Waals surface area contributed by atoms with Gasteiger partial charge in [-0.3, -0.25) is 9.20 Å². The van der Waals surface area contributed by atoms with Crippen molar-refractivity contribution < 1.29 is 9.53 Å². The maximum absolute atomic E-state index is 12.6. The van der Waals surface area contributed by atoms with Crippen molar-refractivity contribution in [1.29, 1.82) is 0 Å². The number of Topliss-reactive ketones (excluding diaryl/α,β-unsaturated/α-hetero) is 1. The van der Waals surface area contributed by atoms with Gasteiger partial charge in [-0.2, -0.15) is 0 Å². The summed E-state index contributed by atoms with van der Waals surface area (Å²) in [6, 6.07) is 16.0. The quantitative estimate of drug-likeness (QED) is 0.462. The summed E-state index contributed by atoms with van der Waals surface area (Å²) >= 11 is 0. The molecule has 28 heavy (non-hydrogen) atoms. The minimum Gasteiger partial charge on any atom is -0.384 e. The summed E-state index contributed by atoms with van der Waals surface area (Å²) < 4.78 is 9.07. The average Bonchev–Trinajstić information content (AvgIpc) is 3.28. The van der Waals surface area contributed by atoms with Crippen molar-refractivity contribution in [3.63, 3.8) is 0 Å². The van der Waals surface area contributed by atoms with Crippen molar-refractivity contribution in [2.24, 2.45) is 0 Å². The Morgan fingerprint density at radius 3 is 2.64 bits per heavy atom. The number of hydrogen-bond acceptors (Lipinski definition) is 4. The van der Waals surface area contributed by atoms with Crippen LogP contribution in [0.15, 0.2) is 60.9 Å². The summed E-state index contributed by atoms with van der Waals surface area (Å²) in [5, 5.41) is 0. The van der Waals surface area contributed by atoms with E-state index in [4.69, 9.17) is 9.72 Å². The fraction of sp³-hybridized carbons (Fsp3) is 0.227. The molecule has 0 N–H and O–H groups in total. The second kappa shape index (κ2) is 7.78. The van der Waals surface area contributed by atoms with Crippen molar-refractivity contribution >= 4 is 11.3 Å². The second-order valence-corrected chi connectivity index (χ2v) is 6.69. The number of rotatable bonds is 7. The lowest BCUT2D eigenvalue weighted by molar-refractivity contribution is 0.0929. The van der Waals surface area contributed by atoms with E-state index in [-0.39, 0.29) is 5.78 Å². The summed E-state index contributed by atoms with van der Waals surface area (Å²) in [4.78, 5) is 22.0. The van der Waals surface area contributed by atoms with E-state index in [0.29, 0.717) is 24.5 Å². The number of methoxy groups -OCH3 is 1. The number of fused-ring (bicyclic) bond motifs is 1. The maximum Gasteiger partial charge on any atom is 0.185 e. The first-order valence-electron chi connectivity index (χ1n) is 9.24. The molecule has 0 aliphatic heterocycles. The largest absolute Gasteiger partial charge is 0.384 e. The van der Waals surface area contributed by atoms with E-state index < -0.39 is 0 Å². The van der Waals surface area contributed by atoms with E-state index in [9.17, 15) is 4.79 Å². The Morgan fingerprint density at radius 1 is 1.07 bits per heavy atom. The number of aryl methyl sites for hydroxylation is 1. The van der Waals surface area contributed by atoms with E-state index in [1.807, 2.05) is 60.1 Å². The molecule has 0 unspecified atom stereocenters. The molecular formula is C22H22N4O2. The molecule has 0 spiro atoms. The zero-order valence-corrected chi connectivity index (χ0v) is 16.0. The second-order valence-electron chi connectivity index (χ2n) is 6.69. The first-order chi connectivity index (χ1) is 13.7. The number of benzene rings is 1. The number of hydrogen-bond donors (Lipinski definition) is 0. The normalized spacial score (nSPS) is 11.2. The third-order valence-electron chi connectivity index (χ3n) is 4.75. The molecule has 0 atom stereocenters. The number of ketones is 1. The molecule has 0 radical (unpaired) electrons. The number of ether oxygens (including phenoxy) is 1. The summed E-state index contributed by atoms with van der Waals surface area (Å²) in [6.45, 7) is 3.10. The highest BCUT2D eigenvalue weighted by molar-refractivity contribution is 6.01. The topological polar surface area (TPSA) is 61.4 Å². The van der Waals surface area contributed by atoms with Crippen LogP contribution in [0.2, 0.25) is 0 Å². The van der Waals surface area contributed by atoms with Gasteiger partial charge in [0.1, 0.15) is 17.2 Å². The first-order valence-corrected chi connectivity index (χ1v) is 9.24. The number of carbonyl (C=O) groups excluding carboxylic acids is 1. The molecule has 0 aliphatic carbocycles. The zero-order valence-electron chi connectivity index (χ0n) is 16.0. The monoisotopic (exact) mass is 374 g/mol. The summed E-state index contributed by atoms with van der Waals surface area (Å²) in [6.07, 6.45) is 4.21. The van der Waals surface area contributed by atoms with Gasteiger partial charge in [0.05, 0.1) is 12.1 Å². The molecule has 3 aromatic heterocycles. The van der Waals surface area contributed by atoms with Crippen LogP contribution >= 0.6 is 0 Å². The summed E-state index contributed by atoms with van der Waals surface area (Å²) in [5.74, 6) is 1.54. The Hall–Kier alpha value is -3.25. The summed E-state index contributed by atoms with van der Waals surface area (Å²) in [5.41, 5.74) is 3.20. The van der Waals surface area contributed by atoms with Crippen molar-refractivity contribution in [3.8, 4) is 11.5 Å². The first kappa shape index (κ1) is 18.1. The summed E-state index contributed by atoms with van der Waals surface area (Å²) in [7, 11) is 1.59. The van der Waals surface area contributed by atoms with Gasteiger partial charge in [-0.1, -0.05) is 36.4 Å². The van der Waals surface area contributed by atoms with Crippen LogP contribution in [0, 0.1) is 6.92 Å². The predicted molar refractivity (Wildman–Crippen MR) is 108 cm³/mol. The number of carbonyl (C=O) groups is 1. The minimum atomic E-state index is -0.0303. The molecule has 4 rings (SSSR count). The van der Waals surface area contributed by atoms with Gasteiger partial charge in [-0.05, 0) is 24.6 Å². The van der Waals surface area contributed by atoms with Crippen LogP contribution in [0.25, 0.3) is 17.0 Å². The number of aromatic nitrogens is 4. The van der Waals surface area contributed by atoms with Crippen LogP contribution in [0.4, 0.5) is 0 Å². The van der Waals surface area contributed by atoms with Crippen LogP contribution in [-0.4, -0.2) is 38.4 Å². The maximum atomic E-state index is 12.6. The van der Waals surface area contributed by atoms with Gasteiger partial charge >= 0.3 is 0 Å². The molecule has 0 saturated heterocycles. The number of pyridine rings is 1. The molecule has 6 heteroatoms. The third kappa shape index (κ3) is 3.46. The minimum absolute atomic E-state index is 0.0303. The Labute approximate surface area is 163 Å². The highest BCUT2D eigenvalue weighted by Crippen LogP contribution is 2.23. The lowest BCUT2D eigenvalue weighted by atomic mass is 10.2. The molecule has 0 bridgehead atoms. The van der Waals surface area contributed by atoms with E-state index in [0.717, 1.165) is 23.6 Å². The zero-order chi connectivity index (χ0) is 19.5. The highest BCUT2D eigenvalue weighted by Gasteiger charge is 2.20. The van der Waals surface area contributed by atoms with Gasteiger partial charge in [0.15, 0.2) is 11.6 Å². The van der Waals surface area contributed by atoms with Crippen molar-refractivity contribution in [1.82, 2.24) is 18.9 Å². The van der Waals surface area contributed by atoms with Crippen molar-refractivity contribution in [3.05, 3.63) is 78.0 Å². The van der Waals surface area contributed by atoms with Crippen molar-refractivity contribution in [2.45, 2.75) is 19.9 Å². The molecule has 142 valence electrons. The molecule has 1 aromatic carbocycles. The van der Waals surface area contributed by atoms with Gasteiger partial charge in [0.2, 0.25) is 0 Å². The van der Waals surface area contributed by atoms with Gasteiger partial charge in [-0.15, -0.1) is 0 Å². The standard InChI is InChI=1S/C22H22N4O2/c1-16-23-18(15-25(16)14-17-8-4-3-5-9-17)22-24-21(20(27)11-13-28-2)19-10-6-7-12-26(19)22/h3-10,12,15H,11,13-14H2,1-2H3. The Bertz CT molecular complexity index is 1110. The third-order valence-corrected chi connectivity index (χ3v) is 4.75. The fourth-order valence-electron chi connectivity index (χ4n) is 3.29. The smallest absolute Gasteiger partial charge is 0.185 e. The molecule has 6 nitrogen and oxygen atoms in total. The van der Waals surface area contributed by atoms with Crippen molar-refractivity contribution in [2.75, 3.05) is 13.7 Å². The molecule has 0 amide bonds. The van der Waals surface area contributed by atoms with Gasteiger partial charge in [-0.25, -0.2) is 9.97 Å². The van der Waals surface area contributed by atoms with Crippen LogP contribution in [-0.2, 0) is 11.3 Å². The average molecular weight is 374 g/mol. The Balaban J connectivity index is 1.73. The van der Waals surface area contributed by atoms with E-state index in [1.165, 1.54) is 5.56 Å². The van der Waals surface area contributed by atoms with Crippen LogP contribution < -0.4 is 0 Å². The van der Waals surface area contributed by atoms with Crippen LogP contribution in [0.5, 0.6) is 0 Å². The molecule has 0 aliphatic rings. The van der Waals surface area contributed by atoms with Gasteiger partial charge < -0.3 is 9.30 Å². The van der Waals surface area contributed by atoms with E-state index in [2.05, 4.69) is 21.7 Å².